The third-order valence-electron chi connectivity index (χ3n) is 2.90. The fourth-order valence-electron chi connectivity index (χ4n) is 1.84. The predicted molar refractivity (Wildman–Crippen MR) is 72.9 cm³/mol. The molecule has 18 heavy (non-hydrogen) atoms. The second-order valence-electron chi connectivity index (χ2n) is 4.27. The van der Waals surface area contributed by atoms with Crippen molar-refractivity contribution in [1.82, 2.24) is 0 Å². The second kappa shape index (κ2) is 5.61. The highest BCUT2D eigenvalue weighted by Gasteiger charge is 2.12. The maximum atomic E-state index is 13.5. The Morgan fingerprint density at radius 3 is 2.44 bits per heavy atom. The van der Waals surface area contributed by atoms with Gasteiger partial charge in [-0.2, -0.15) is 0 Å². The molecule has 0 aliphatic heterocycles. The zero-order chi connectivity index (χ0) is 13.1. The molecular weight excluding hydrogens is 298 g/mol. The Morgan fingerprint density at radius 1 is 1.06 bits per heavy atom. The van der Waals surface area contributed by atoms with E-state index in [0.717, 1.165) is 5.56 Å². The lowest BCUT2D eigenvalue weighted by atomic mass is 10.0. The fraction of sp³-hybridized carbons (Fsp3) is 0.200. The van der Waals surface area contributed by atoms with Gasteiger partial charge in [0.15, 0.2) is 0 Å². The fourth-order valence-corrected chi connectivity index (χ4v) is 2.47. The van der Waals surface area contributed by atoms with Crippen LogP contribution in [0.3, 0.4) is 0 Å². The molecule has 1 atom stereocenters. The van der Waals surface area contributed by atoms with Crippen LogP contribution in [0.25, 0.3) is 0 Å². The molecule has 2 rings (SSSR count). The van der Waals surface area contributed by atoms with Gasteiger partial charge in [-0.25, -0.2) is 8.78 Å². The van der Waals surface area contributed by atoms with Crippen LogP contribution in [0.2, 0.25) is 0 Å². The van der Waals surface area contributed by atoms with Gasteiger partial charge in [0, 0.05) is 4.83 Å². The van der Waals surface area contributed by atoms with Crippen molar-refractivity contribution < 1.29 is 8.78 Å². The molecule has 0 saturated heterocycles. The van der Waals surface area contributed by atoms with Crippen molar-refractivity contribution in [2.24, 2.45) is 0 Å². The third-order valence-corrected chi connectivity index (χ3v) is 3.75. The summed E-state index contributed by atoms with van der Waals surface area (Å²) in [6, 6.07) is 11.7. The summed E-state index contributed by atoms with van der Waals surface area (Å²) in [5.74, 6) is -0.426. The molecule has 0 heterocycles. The lowest BCUT2D eigenvalue weighted by molar-refractivity contribution is 0.607. The smallest absolute Gasteiger partial charge is 0.126 e. The Kier molecular flexibility index (Phi) is 4.12. The van der Waals surface area contributed by atoms with Crippen molar-refractivity contribution >= 4 is 15.9 Å². The molecule has 0 aromatic heterocycles. The Balaban J connectivity index is 2.19. The predicted octanol–water partition coefficient (Wildman–Crippen LogP) is 4.95. The Morgan fingerprint density at radius 2 is 1.78 bits per heavy atom. The highest BCUT2D eigenvalue weighted by molar-refractivity contribution is 9.09. The normalized spacial score (nSPS) is 12.4. The van der Waals surface area contributed by atoms with Crippen LogP contribution in [-0.2, 0) is 6.42 Å². The number of alkyl halides is 1. The van der Waals surface area contributed by atoms with Crippen LogP contribution >= 0.6 is 15.9 Å². The molecule has 0 amide bonds. The molecular formula is C15H13BrF2. The summed E-state index contributed by atoms with van der Waals surface area (Å²) in [4.78, 5) is -0.0197. The second-order valence-corrected chi connectivity index (χ2v) is 5.38. The van der Waals surface area contributed by atoms with Crippen LogP contribution in [0.4, 0.5) is 8.78 Å². The van der Waals surface area contributed by atoms with E-state index < -0.39 is 0 Å². The van der Waals surface area contributed by atoms with Gasteiger partial charge < -0.3 is 0 Å². The van der Waals surface area contributed by atoms with Crippen LogP contribution in [-0.4, -0.2) is 0 Å². The first-order chi connectivity index (χ1) is 8.58. The minimum Gasteiger partial charge on any atom is -0.207 e. The number of benzene rings is 2. The van der Waals surface area contributed by atoms with Gasteiger partial charge in [0.2, 0.25) is 0 Å². The van der Waals surface area contributed by atoms with Crippen molar-refractivity contribution in [2.75, 3.05) is 0 Å². The molecule has 2 aromatic carbocycles. The summed E-state index contributed by atoms with van der Waals surface area (Å²) in [7, 11) is 0. The van der Waals surface area contributed by atoms with Crippen molar-refractivity contribution in [1.29, 1.82) is 0 Å². The van der Waals surface area contributed by atoms with E-state index in [2.05, 4.69) is 15.9 Å². The minimum atomic E-state index is -0.218. The van der Waals surface area contributed by atoms with E-state index in [1.54, 1.807) is 31.2 Å². The number of halogens is 3. The van der Waals surface area contributed by atoms with Gasteiger partial charge in [0.25, 0.3) is 0 Å². The average molecular weight is 311 g/mol. The van der Waals surface area contributed by atoms with Crippen LogP contribution < -0.4 is 0 Å². The van der Waals surface area contributed by atoms with Crippen molar-refractivity contribution in [2.45, 2.75) is 18.2 Å². The molecule has 0 spiro atoms. The highest BCUT2D eigenvalue weighted by Crippen LogP contribution is 2.29. The molecule has 0 N–H and O–H groups in total. The highest BCUT2D eigenvalue weighted by atomic mass is 79.9. The summed E-state index contributed by atoms with van der Waals surface area (Å²) in [6.07, 6.45) is 0.539. The van der Waals surface area contributed by atoms with E-state index >= 15 is 0 Å². The molecule has 3 heteroatoms. The first kappa shape index (κ1) is 13.2. The topological polar surface area (TPSA) is 0 Å². The zero-order valence-electron chi connectivity index (χ0n) is 9.96. The standard InChI is InChI=1S/C15H13BrF2/c1-10-8-11(6-7-14(10)17)13(16)9-12-4-2-3-5-15(12)18/h2-8,13H,9H2,1H3. The quantitative estimate of drug-likeness (QED) is 0.703. The van der Waals surface area contributed by atoms with E-state index in [0.29, 0.717) is 17.5 Å². The van der Waals surface area contributed by atoms with Crippen LogP contribution in [0.1, 0.15) is 21.5 Å². The third kappa shape index (κ3) is 2.96. The van der Waals surface area contributed by atoms with Crippen LogP contribution in [0.15, 0.2) is 42.5 Å². The summed E-state index contributed by atoms with van der Waals surface area (Å²) < 4.78 is 26.7. The molecule has 0 radical (unpaired) electrons. The molecule has 0 aliphatic carbocycles. The van der Waals surface area contributed by atoms with E-state index in [9.17, 15) is 8.78 Å². The summed E-state index contributed by atoms with van der Waals surface area (Å²) in [6.45, 7) is 1.72. The molecule has 2 aromatic rings. The minimum absolute atomic E-state index is 0.0197. The van der Waals surface area contributed by atoms with Gasteiger partial charge in [-0.05, 0) is 42.2 Å². The van der Waals surface area contributed by atoms with Crippen LogP contribution in [0.5, 0.6) is 0 Å². The molecule has 0 saturated carbocycles. The average Bonchev–Trinajstić information content (AvgIpc) is 2.35. The van der Waals surface area contributed by atoms with Gasteiger partial charge in [-0.3, -0.25) is 0 Å². The first-order valence-electron chi connectivity index (χ1n) is 5.71. The zero-order valence-corrected chi connectivity index (χ0v) is 11.5. The molecule has 0 fully saturated rings. The lowest BCUT2D eigenvalue weighted by Crippen LogP contribution is -1.99. The van der Waals surface area contributed by atoms with Gasteiger partial charge in [-0.1, -0.05) is 46.3 Å². The van der Waals surface area contributed by atoms with E-state index in [4.69, 9.17) is 0 Å². The summed E-state index contributed by atoms with van der Waals surface area (Å²) in [5.41, 5.74) is 2.21. The lowest BCUT2D eigenvalue weighted by Gasteiger charge is -2.12. The Labute approximate surface area is 114 Å². The van der Waals surface area contributed by atoms with Crippen LogP contribution in [0, 0.1) is 18.6 Å². The summed E-state index contributed by atoms with van der Waals surface area (Å²) >= 11 is 3.53. The Hall–Kier alpha value is -1.22. The maximum Gasteiger partial charge on any atom is 0.126 e. The van der Waals surface area contributed by atoms with E-state index in [1.807, 2.05) is 6.07 Å². The number of rotatable bonds is 3. The van der Waals surface area contributed by atoms with Gasteiger partial charge in [0.05, 0.1) is 0 Å². The SMILES string of the molecule is Cc1cc(C(Br)Cc2ccccc2F)ccc1F. The molecule has 94 valence electrons. The van der Waals surface area contributed by atoms with Gasteiger partial charge >= 0.3 is 0 Å². The number of hydrogen-bond acceptors (Lipinski definition) is 0. The number of aryl methyl sites for hydroxylation is 1. The summed E-state index contributed by atoms with van der Waals surface area (Å²) in [5, 5.41) is 0. The maximum absolute atomic E-state index is 13.5. The van der Waals surface area contributed by atoms with Crippen molar-refractivity contribution in [3.05, 3.63) is 70.8 Å². The van der Waals surface area contributed by atoms with Crippen molar-refractivity contribution in [3.63, 3.8) is 0 Å². The van der Waals surface area contributed by atoms with Gasteiger partial charge in [-0.15, -0.1) is 0 Å². The largest absolute Gasteiger partial charge is 0.207 e. The molecule has 1 unspecified atom stereocenters. The monoisotopic (exact) mass is 310 g/mol. The molecule has 0 nitrogen and oxygen atoms in total. The molecule has 0 aliphatic rings. The number of hydrogen-bond donors (Lipinski definition) is 0. The van der Waals surface area contributed by atoms with E-state index in [1.165, 1.54) is 12.1 Å². The first-order valence-corrected chi connectivity index (χ1v) is 6.63. The van der Waals surface area contributed by atoms with E-state index in [-0.39, 0.29) is 16.5 Å². The molecule has 0 bridgehead atoms. The van der Waals surface area contributed by atoms with Crippen molar-refractivity contribution in [3.8, 4) is 0 Å². The Bertz CT molecular complexity index is 552. The van der Waals surface area contributed by atoms with Gasteiger partial charge in [0.1, 0.15) is 11.6 Å².